The number of aliphatic carboxylic acids is 1. The van der Waals surface area contributed by atoms with Gasteiger partial charge in [-0.15, -0.1) is 0 Å². The van der Waals surface area contributed by atoms with Gasteiger partial charge in [-0.25, -0.2) is 4.79 Å². The van der Waals surface area contributed by atoms with Crippen molar-refractivity contribution in [3.8, 4) is 0 Å². The summed E-state index contributed by atoms with van der Waals surface area (Å²) in [5.41, 5.74) is 0. The summed E-state index contributed by atoms with van der Waals surface area (Å²) in [5.74, 6) is -1.46. The predicted octanol–water partition coefficient (Wildman–Crippen LogP) is 1.18. The van der Waals surface area contributed by atoms with Gasteiger partial charge in [-0.05, 0) is 26.7 Å². The van der Waals surface area contributed by atoms with E-state index in [0.29, 0.717) is 26.2 Å². The molecule has 0 aliphatic carbocycles. The first kappa shape index (κ1) is 17.3. The normalized spacial score (nSPS) is 18.2. The average Bonchev–Trinajstić information content (AvgIpc) is 2.47. The Labute approximate surface area is 124 Å². The molecule has 0 aromatic rings. The molecule has 0 spiro atoms. The second kappa shape index (κ2) is 8.49. The van der Waals surface area contributed by atoms with Crippen LogP contribution in [0.3, 0.4) is 0 Å². The number of carboxylic acids is 1. The van der Waals surface area contributed by atoms with Crippen molar-refractivity contribution in [3.63, 3.8) is 0 Å². The van der Waals surface area contributed by atoms with Gasteiger partial charge < -0.3 is 19.6 Å². The Morgan fingerprint density at radius 3 is 2.62 bits per heavy atom. The summed E-state index contributed by atoms with van der Waals surface area (Å²) in [4.78, 5) is 37.9. The largest absolute Gasteiger partial charge is 0.481 e. The van der Waals surface area contributed by atoms with E-state index in [-0.39, 0.29) is 30.9 Å². The van der Waals surface area contributed by atoms with E-state index in [2.05, 4.69) is 0 Å². The van der Waals surface area contributed by atoms with Crippen LogP contribution >= 0.6 is 0 Å². The van der Waals surface area contributed by atoms with Crippen LogP contribution in [0.5, 0.6) is 0 Å². The van der Waals surface area contributed by atoms with Crippen molar-refractivity contribution < 1.29 is 24.2 Å². The number of urea groups is 1. The highest BCUT2D eigenvalue weighted by Gasteiger charge is 2.31. The van der Waals surface area contributed by atoms with E-state index in [1.807, 2.05) is 6.92 Å². The molecule has 7 heteroatoms. The number of hydrogen-bond donors (Lipinski definition) is 1. The van der Waals surface area contributed by atoms with Gasteiger partial charge in [-0.1, -0.05) is 0 Å². The monoisotopic (exact) mass is 300 g/mol. The van der Waals surface area contributed by atoms with Gasteiger partial charge in [0.15, 0.2) is 0 Å². The maximum Gasteiger partial charge on any atom is 0.320 e. The van der Waals surface area contributed by atoms with Gasteiger partial charge in [-0.3, -0.25) is 9.59 Å². The van der Waals surface area contributed by atoms with Crippen LogP contribution in [0.1, 0.15) is 33.1 Å². The van der Waals surface area contributed by atoms with E-state index < -0.39 is 5.97 Å². The summed E-state index contributed by atoms with van der Waals surface area (Å²) in [6, 6.07) is -0.201. The summed E-state index contributed by atoms with van der Waals surface area (Å²) in [6.45, 7) is 5.49. The molecular weight excluding hydrogens is 276 g/mol. The fourth-order valence-corrected chi connectivity index (χ4v) is 2.42. The standard InChI is InChI=1S/C14H24N2O5/c1-3-15(9-7-12(17)18)14(20)16-8-5-6-11(10-16)13(19)21-4-2/h11H,3-10H2,1-2H3,(H,17,18). The molecule has 0 aromatic heterocycles. The van der Waals surface area contributed by atoms with E-state index in [1.54, 1.807) is 11.8 Å². The molecule has 0 radical (unpaired) electrons. The third-order valence-electron chi connectivity index (χ3n) is 3.56. The third kappa shape index (κ3) is 5.24. The zero-order chi connectivity index (χ0) is 15.8. The number of nitrogens with zero attached hydrogens (tertiary/aromatic N) is 2. The number of amides is 2. The molecule has 0 aromatic carbocycles. The molecular formula is C14H24N2O5. The number of carbonyl (C=O) groups excluding carboxylic acids is 2. The summed E-state index contributed by atoms with van der Waals surface area (Å²) in [6.07, 6.45) is 1.41. The zero-order valence-electron chi connectivity index (χ0n) is 12.7. The van der Waals surface area contributed by atoms with Crippen LogP contribution in [0.15, 0.2) is 0 Å². The molecule has 1 heterocycles. The highest BCUT2D eigenvalue weighted by molar-refractivity contribution is 5.78. The summed E-state index contributed by atoms with van der Waals surface area (Å²) in [7, 11) is 0. The van der Waals surface area contributed by atoms with Crippen molar-refractivity contribution in [2.24, 2.45) is 5.92 Å². The number of piperidine rings is 1. The van der Waals surface area contributed by atoms with Crippen molar-refractivity contribution in [1.29, 1.82) is 0 Å². The van der Waals surface area contributed by atoms with Gasteiger partial charge in [0.05, 0.1) is 18.9 Å². The molecule has 1 aliphatic rings. The topological polar surface area (TPSA) is 87.2 Å². The first-order valence-corrected chi connectivity index (χ1v) is 7.41. The molecule has 120 valence electrons. The highest BCUT2D eigenvalue weighted by atomic mass is 16.5. The van der Waals surface area contributed by atoms with Gasteiger partial charge in [0.2, 0.25) is 0 Å². The number of carboxylic acid groups (broad SMARTS) is 1. The first-order valence-electron chi connectivity index (χ1n) is 7.41. The van der Waals surface area contributed by atoms with Gasteiger partial charge in [0, 0.05) is 26.2 Å². The molecule has 0 bridgehead atoms. The lowest BCUT2D eigenvalue weighted by Crippen LogP contribution is -2.49. The van der Waals surface area contributed by atoms with Gasteiger partial charge in [-0.2, -0.15) is 0 Å². The first-order chi connectivity index (χ1) is 9.99. The third-order valence-corrected chi connectivity index (χ3v) is 3.56. The van der Waals surface area contributed by atoms with Crippen LogP contribution in [0.4, 0.5) is 4.79 Å². The van der Waals surface area contributed by atoms with E-state index in [0.717, 1.165) is 12.8 Å². The Balaban J connectivity index is 2.59. The molecule has 1 fully saturated rings. The Morgan fingerprint density at radius 1 is 1.33 bits per heavy atom. The number of esters is 1. The number of carbonyl (C=O) groups is 3. The van der Waals surface area contributed by atoms with Crippen LogP contribution in [-0.2, 0) is 14.3 Å². The molecule has 1 saturated heterocycles. The Morgan fingerprint density at radius 2 is 2.05 bits per heavy atom. The lowest BCUT2D eigenvalue weighted by atomic mass is 9.98. The second-order valence-corrected chi connectivity index (χ2v) is 5.04. The van der Waals surface area contributed by atoms with Crippen LogP contribution in [0.2, 0.25) is 0 Å². The molecule has 21 heavy (non-hydrogen) atoms. The molecule has 1 unspecified atom stereocenters. The maximum absolute atomic E-state index is 12.4. The lowest BCUT2D eigenvalue weighted by molar-refractivity contribution is -0.149. The molecule has 1 N–H and O–H groups in total. The second-order valence-electron chi connectivity index (χ2n) is 5.04. The Kier molecular flexibility index (Phi) is 6.98. The molecule has 0 saturated carbocycles. The van der Waals surface area contributed by atoms with Crippen LogP contribution < -0.4 is 0 Å². The summed E-state index contributed by atoms with van der Waals surface area (Å²) < 4.78 is 5.01. The fourth-order valence-electron chi connectivity index (χ4n) is 2.42. The van der Waals surface area contributed by atoms with E-state index in [1.165, 1.54) is 4.90 Å². The SMILES string of the molecule is CCOC(=O)C1CCCN(C(=O)N(CC)CCC(=O)O)C1. The van der Waals surface area contributed by atoms with Crippen LogP contribution in [-0.4, -0.2) is 65.7 Å². The van der Waals surface area contributed by atoms with Crippen molar-refractivity contribution in [3.05, 3.63) is 0 Å². The van der Waals surface area contributed by atoms with Crippen molar-refractivity contribution in [1.82, 2.24) is 9.80 Å². The Bertz CT molecular complexity index is 386. The van der Waals surface area contributed by atoms with Crippen LogP contribution in [0.25, 0.3) is 0 Å². The minimum absolute atomic E-state index is 0.0747. The number of rotatable bonds is 6. The van der Waals surface area contributed by atoms with Crippen molar-refractivity contribution in [2.75, 3.05) is 32.8 Å². The zero-order valence-corrected chi connectivity index (χ0v) is 12.7. The van der Waals surface area contributed by atoms with Gasteiger partial charge >= 0.3 is 18.0 Å². The van der Waals surface area contributed by atoms with Crippen LogP contribution in [0, 0.1) is 5.92 Å². The quantitative estimate of drug-likeness (QED) is 0.744. The minimum Gasteiger partial charge on any atom is -0.481 e. The van der Waals surface area contributed by atoms with E-state index in [9.17, 15) is 14.4 Å². The molecule has 1 rings (SSSR count). The number of likely N-dealkylation sites (tertiary alicyclic amines) is 1. The van der Waals surface area contributed by atoms with E-state index >= 15 is 0 Å². The number of hydrogen-bond acceptors (Lipinski definition) is 4. The van der Waals surface area contributed by atoms with Gasteiger partial charge in [0.1, 0.15) is 0 Å². The fraction of sp³-hybridized carbons (Fsp3) is 0.786. The Hall–Kier alpha value is -1.79. The molecule has 1 atom stereocenters. The minimum atomic E-state index is -0.927. The summed E-state index contributed by atoms with van der Waals surface area (Å²) in [5, 5.41) is 8.71. The van der Waals surface area contributed by atoms with Gasteiger partial charge in [0.25, 0.3) is 0 Å². The lowest BCUT2D eigenvalue weighted by Gasteiger charge is -2.35. The maximum atomic E-state index is 12.4. The molecule has 2 amide bonds. The smallest absolute Gasteiger partial charge is 0.320 e. The predicted molar refractivity (Wildman–Crippen MR) is 75.8 cm³/mol. The molecule has 7 nitrogen and oxygen atoms in total. The van der Waals surface area contributed by atoms with Crippen molar-refractivity contribution in [2.45, 2.75) is 33.1 Å². The number of ether oxygens (including phenoxy) is 1. The average molecular weight is 300 g/mol. The summed E-state index contributed by atoms with van der Waals surface area (Å²) >= 11 is 0. The highest BCUT2D eigenvalue weighted by Crippen LogP contribution is 2.19. The molecule has 1 aliphatic heterocycles. The van der Waals surface area contributed by atoms with Crippen molar-refractivity contribution >= 4 is 18.0 Å². The van der Waals surface area contributed by atoms with E-state index in [4.69, 9.17) is 9.84 Å².